The van der Waals surface area contributed by atoms with Gasteiger partial charge in [-0.05, 0) is 11.8 Å². The van der Waals surface area contributed by atoms with Gasteiger partial charge in [-0.1, -0.05) is 0 Å². The van der Waals surface area contributed by atoms with Crippen molar-refractivity contribution in [3.8, 4) is 0 Å². The summed E-state index contributed by atoms with van der Waals surface area (Å²) in [5, 5.41) is 0. The van der Waals surface area contributed by atoms with Crippen molar-refractivity contribution in [2.75, 3.05) is 25.6 Å². The fourth-order valence-electron chi connectivity index (χ4n) is 2.59. The molecular weight excluding hydrogens is 360 g/mol. The molecule has 2 aromatic rings. The van der Waals surface area contributed by atoms with Gasteiger partial charge in [-0.25, -0.2) is 19.3 Å². The lowest BCUT2D eigenvalue weighted by atomic mass is 10.2. The smallest absolute Gasteiger partial charge is 0.321 e. The highest BCUT2D eigenvalue weighted by molar-refractivity contribution is 8.06. The van der Waals surface area contributed by atoms with Gasteiger partial charge in [-0.15, -0.1) is 0 Å². The van der Waals surface area contributed by atoms with Gasteiger partial charge in [-0.2, -0.15) is 0 Å². The van der Waals surface area contributed by atoms with E-state index in [0.29, 0.717) is 17.0 Å². The largest absolute Gasteiger partial charge is 0.361 e. The molecular formula is C12H17FN5O4PS. The number of hydrogen-bond donors (Lipinski definition) is 2. The molecule has 0 aliphatic carbocycles. The standard InChI is InChI=1S/C12H17FN5O4PS/c1-17(2)10-9-11(15-5-14-10)18(6-16-9)12-8(13)3-7(22-12)4-21-23(19,20)24/h5-8,12H,3-4H2,1-2H3,(H2,19,20,24)/t7-,8?,12+/m0/s1. The highest BCUT2D eigenvalue weighted by atomic mass is 32.5. The summed E-state index contributed by atoms with van der Waals surface area (Å²) in [6, 6.07) is 0. The first-order chi connectivity index (χ1) is 11.3. The summed E-state index contributed by atoms with van der Waals surface area (Å²) in [6.45, 7) is -3.98. The van der Waals surface area contributed by atoms with Crippen LogP contribution in [0, 0.1) is 0 Å². The summed E-state index contributed by atoms with van der Waals surface area (Å²) in [5.74, 6) is 0.619. The fraction of sp³-hybridized carbons (Fsp3) is 0.583. The Kier molecular flexibility index (Phi) is 4.82. The molecule has 0 saturated carbocycles. The maximum Gasteiger partial charge on any atom is 0.321 e. The SMILES string of the molecule is CN(C)c1ncnc2c1ncn2[C@@H]1O[C@H](COP(O)(O)=S)CC1F. The molecule has 0 bridgehead atoms. The molecule has 132 valence electrons. The second kappa shape index (κ2) is 6.58. The van der Waals surface area contributed by atoms with Gasteiger partial charge in [0.25, 0.3) is 0 Å². The third-order valence-electron chi connectivity index (χ3n) is 3.60. The van der Waals surface area contributed by atoms with E-state index < -0.39 is 25.2 Å². The maximum absolute atomic E-state index is 14.4. The third kappa shape index (κ3) is 3.56. The molecule has 0 radical (unpaired) electrons. The Hall–Kier alpha value is -1.23. The van der Waals surface area contributed by atoms with E-state index in [9.17, 15) is 4.39 Å². The molecule has 1 unspecified atom stereocenters. The van der Waals surface area contributed by atoms with Crippen molar-refractivity contribution in [2.45, 2.75) is 24.9 Å². The number of halogens is 1. The number of imidazole rings is 1. The van der Waals surface area contributed by atoms with Crippen LogP contribution in [-0.4, -0.2) is 62.3 Å². The first-order valence-corrected chi connectivity index (χ1v) is 9.73. The zero-order chi connectivity index (χ0) is 17.5. The van der Waals surface area contributed by atoms with Gasteiger partial charge in [0.1, 0.15) is 12.5 Å². The minimum absolute atomic E-state index is 0.0469. The lowest BCUT2D eigenvalue weighted by Crippen LogP contribution is -2.17. The molecule has 1 aliphatic heterocycles. The van der Waals surface area contributed by atoms with Crippen molar-refractivity contribution < 1.29 is 23.4 Å². The van der Waals surface area contributed by atoms with Crippen LogP contribution in [0.2, 0.25) is 0 Å². The average molecular weight is 377 g/mol. The maximum atomic E-state index is 14.4. The van der Waals surface area contributed by atoms with Gasteiger partial charge in [0.05, 0.1) is 19.0 Å². The van der Waals surface area contributed by atoms with Crippen LogP contribution in [0.5, 0.6) is 0 Å². The fourth-order valence-corrected chi connectivity index (χ4v) is 3.13. The van der Waals surface area contributed by atoms with Crippen LogP contribution in [0.4, 0.5) is 10.2 Å². The van der Waals surface area contributed by atoms with Crippen LogP contribution in [0.25, 0.3) is 11.2 Å². The van der Waals surface area contributed by atoms with E-state index in [4.69, 9.17) is 19.0 Å². The number of alkyl halides is 1. The van der Waals surface area contributed by atoms with Crippen LogP contribution in [-0.2, 0) is 21.1 Å². The number of anilines is 1. The van der Waals surface area contributed by atoms with Gasteiger partial charge in [-0.3, -0.25) is 4.57 Å². The van der Waals surface area contributed by atoms with Crippen molar-refractivity contribution >= 4 is 35.5 Å². The minimum atomic E-state index is -3.79. The number of nitrogens with zero attached hydrogens (tertiary/aromatic N) is 5. The van der Waals surface area contributed by atoms with Gasteiger partial charge in [0.2, 0.25) is 0 Å². The van der Waals surface area contributed by atoms with Gasteiger partial charge >= 0.3 is 6.72 Å². The highest BCUT2D eigenvalue weighted by Crippen LogP contribution is 2.39. The lowest BCUT2D eigenvalue weighted by molar-refractivity contribution is -0.0327. The van der Waals surface area contributed by atoms with E-state index in [0.717, 1.165) is 0 Å². The van der Waals surface area contributed by atoms with Crippen molar-refractivity contribution in [1.82, 2.24) is 19.5 Å². The first kappa shape index (κ1) is 17.6. The number of aromatic nitrogens is 4. The number of hydrogen-bond acceptors (Lipinski definition) is 7. The third-order valence-corrected chi connectivity index (χ3v) is 4.40. The second-order valence-corrected chi connectivity index (χ2v) is 8.27. The first-order valence-electron chi connectivity index (χ1n) is 7.10. The molecule has 3 atom stereocenters. The molecule has 0 spiro atoms. The Morgan fingerprint density at radius 2 is 2.21 bits per heavy atom. The Morgan fingerprint density at radius 3 is 2.88 bits per heavy atom. The Morgan fingerprint density at radius 1 is 1.46 bits per heavy atom. The molecule has 1 saturated heterocycles. The van der Waals surface area contributed by atoms with Crippen LogP contribution >= 0.6 is 6.72 Å². The molecule has 3 rings (SSSR count). The monoisotopic (exact) mass is 377 g/mol. The van der Waals surface area contributed by atoms with Crippen LogP contribution in [0.15, 0.2) is 12.7 Å². The molecule has 3 heterocycles. The van der Waals surface area contributed by atoms with E-state index in [1.165, 1.54) is 17.2 Å². The van der Waals surface area contributed by atoms with E-state index >= 15 is 0 Å². The summed E-state index contributed by atoms with van der Waals surface area (Å²) in [5.41, 5.74) is 0.997. The van der Waals surface area contributed by atoms with Crippen molar-refractivity contribution in [3.05, 3.63) is 12.7 Å². The van der Waals surface area contributed by atoms with Crippen LogP contribution in [0.3, 0.4) is 0 Å². The topological polar surface area (TPSA) is 106 Å². The minimum Gasteiger partial charge on any atom is -0.361 e. The number of ether oxygens (including phenoxy) is 1. The Balaban J connectivity index is 1.83. The van der Waals surface area contributed by atoms with Gasteiger partial charge < -0.3 is 23.9 Å². The molecule has 0 aromatic carbocycles. The van der Waals surface area contributed by atoms with E-state index in [2.05, 4.69) is 26.8 Å². The van der Waals surface area contributed by atoms with Crippen molar-refractivity contribution in [1.29, 1.82) is 0 Å². The van der Waals surface area contributed by atoms with Crippen LogP contribution in [0.1, 0.15) is 12.6 Å². The second-order valence-electron chi connectivity index (χ2n) is 5.60. The zero-order valence-electron chi connectivity index (χ0n) is 13.0. The summed E-state index contributed by atoms with van der Waals surface area (Å²) in [6.07, 6.45) is -0.000694. The quantitative estimate of drug-likeness (QED) is 0.730. The Labute approximate surface area is 142 Å². The molecule has 12 heteroatoms. The van der Waals surface area contributed by atoms with E-state index in [1.54, 1.807) is 4.90 Å². The Bertz CT molecular complexity index is 784. The molecule has 0 amide bonds. The van der Waals surface area contributed by atoms with Crippen molar-refractivity contribution in [3.63, 3.8) is 0 Å². The van der Waals surface area contributed by atoms with E-state index in [-0.39, 0.29) is 13.0 Å². The average Bonchev–Trinajstić information content (AvgIpc) is 3.07. The predicted molar refractivity (Wildman–Crippen MR) is 87.7 cm³/mol. The molecule has 9 nitrogen and oxygen atoms in total. The number of fused-ring (bicyclic) bond motifs is 1. The summed E-state index contributed by atoms with van der Waals surface area (Å²) < 4.78 is 26.3. The molecule has 2 N–H and O–H groups in total. The number of rotatable bonds is 5. The molecule has 24 heavy (non-hydrogen) atoms. The highest BCUT2D eigenvalue weighted by Gasteiger charge is 2.38. The predicted octanol–water partition coefficient (Wildman–Crippen LogP) is 0.744. The lowest BCUT2D eigenvalue weighted by Gasteiger charge is -2.17. The normalized spacial score (nSPS) is 24.6. The summed E-state index contributed by atoms with van der Waals surface area (Å²) in [7, 11) is 3.65. The van der Waals surface area contributed by atoms with Crippen LogP contribution < -0.4 is 4.90 Å². The summed E-state index contributed by atoms with van der Waals surface area (Å²) in [4.78, 5) is 32.6. The zero-order valence-corrected chi connectivity index (χ0v) is 14.7. The summed E-state index contributed by atoms with van der Waals surface area (Å²) >= 11 is 4.37. The molecule has 1 aliphatic rings. The van der Waals surface area contributed by atoms with Crippen molar-refractivity contribution in [2.24, 2.45) is 0 Å². The molecule has 2 aromatic heterocycles. The van der Waals surface area contributed by atoms with E-state index in [1.807, 2.05) is 14.1 Å². The van der Waals surface area contributed by atoms with Gasteiger partial charge in [0.15, 0.2) is 23.2 Å². The molecule has 1 fully saturated rings. The van der Waals surface area contributed by atoms with Gasteiger partial charge in [0, 0.05) is 20.5 Å².